The van der Waals surface area contributed by atoms with Crippen molar-refractivity contribution in [2.75, 3.05) is 38.1 Å². The van der Waals surface area contributed by atoms with Gasteiger partial charge in [0.25, 0.3) is 0 Å². The number of carbonyl (C=O) groups excluding carboxylic acids is 1. The SMILES string of the molecule is CN(C(=O)Cc1ccccc1N)C(CN1CCCC1)c1cccc(N)c1. The average molecular weight is 352 g/mol. The van der Waals surface area contributed by atoms with Gasteiger partial charge < -0.3 is 21.3 Å². The lowest BCUT2D eigenvalue weighted by Gasteiger charge is -2.32. The monoisotopic (exact) mass is 352 g/mol. The van der Waals surface area contributed by atoms with E-state index in [0.29, 0.717) is 12.1 Å². The summed E-state index contributed by atoms with van der Waals surface area (Å²) in [6.45, 7) is 3.01. The lowest BCUT2D eigenvalue weighted by atomic mass is 10.0. The van der Waals surface area contributed by atoms with Crippen LogP contribution in [-0.4, -0.2) is 42.4 Å². The van der Waals surface area contributed by atoms with Crippen LogP contribution < -0.4 is 11.5 Å². The Morgan fingerprint density at radius 2 is 1.85 bits per heavy atom. The van der Waals surface area contributed by atoms with Crippen molar-refractivity contribution in [3.8, 4) is 0 Å². The van der Waals surface area contributed by atoms with E-state index in [-0.39, 0.29) is 11.9 Å². The van der Waals surface area contributed by atoms with Crippen LogP contribution in [0.1, 0.15) is 30.0 Å². The zero-order valence-electron chi connectivity index (χ0n) is 15.4. The summed E-state index contributed by atoms with van der Waals surface area (Å²) >= 11 is 0. The number of anilines is 2. The van der Waals surface area contributed by atoms with Crippen molar-refractivity contribution in [1.29, 1.82) is 0 Å². The van der Waals surface area contributed by atoms with Crippen LogP contribution in [0.15, 0.2) is 48.5 Å². The molecule has 1 fully saturated rings. The molecule has 1 aliphatic heterocycles. The van der Waals surface area contributed by atoms with Crippen LogP contribution in [0.2, 0.25) is 0 Å². The standard InChI is InChI=1S/C21H28N4O/c1-24(21(26)14-16-7-2-3-10-19(16)23)20(15-25-11-4-5-12-25)17-8-6-9-18(22)13-17/h2-3,6-10,13,20H,4-5,11-12,14-15,22-23H2,1H3. The first-order valence-electron chi connectivity index (χ1n) is 9.21. The van der Waals surface area contributed by atoms with E-state index in [9.17, 15) is 4.79 Å². The molecular weight excluding hydrogens is 324 g/mol. The Kier molecular flexibility index (Phi) is 5.78. The van der Waals surface area contributed by atoms with Gasteiger partial charge in [-0.15, -0.1) is 0 Å². The second kappa shape index (κ2) is 8.23. The van der Waals surface area contributed by atoms with Gasteiger partial charge in [-0.2, -0.15) is 0 Å². The molecule has 0 bridgehead atoms. The van der Waals surface area contributed by atoms with Crippen LogP contribution in [0.3, 0.4) is 0 Å². The Bertz CT molecular complexity index is 755. The number of likely N-dealkylation sites (tertiary alicyclic amines) is 1. The van der Waals surface area contributed by atoms with Gasteiger partial charge in [-0.05, 0) is 55.3 Å². The van der Waals surface area contributed by atoms with E-state index in [1.165, 1.54) is 12.8 Å². The lowest BCUT2D eigenvalue weighted by molar-refractivity contribution is -0.131. The molecule has 0 spiro atoms. The topological polar surface area (TPSA) is 75.6 Å². The van der Waals surface area contributed by atoms with Crippen molar-refractivity contribution in [3.63, 3.8) is 0 Å². The molecule has 1 saturated heterocycles. The van der Waals surface area contributed by atoms with Gasteiger partial charge in [0.15, 0.2) is 0 Å². The number of amides is 1. The third-order valence-electron chi connectivity index (χ3n) is 5.18. The van der Waals surface area contributed by atoms with Crippen LogP contribution in [0.4, 0.5) is 11.4 Å². The van der Waals surface area contributed by atoms with Crippen LogP contribution in [0.5, 0.6) is 0 Å². The van der Waals surface area contributed by atoms with Crippen LogP contribution in [-0.2, 0) is 11.2 Å². The van der Waals surface area contributed by atoms with Gasteiger partial charge in [0.1, 0.15) is 0 Å². The fraction of sp³-hybridized carbons (Fsp3) is 0.381. The number of nitrogen functional groups attached to an aromatic ring is 2. The van der Waals surface area contributed by atoms with Gasteiger partial charge >= 0.3 is 0 Å². The molecule has 5 nitrogen and oxygen atoms in total. The maximum absolute atomic E-state index is 13.0. The molecule has 1 unspecified atom stereocenters. The highest BCUT2D eigenvalue weighted by molar-refractivity contribution is 5.80. The van der Waals surface area contributed by atoms with Crippen molar-refractivity contribution in [2.45, 2.75) is 25.3 Å². The Labute approximate surface area is 155 Å². The molecule has 5 heteroatoms. The first kappa shape index (κ1) is 18.3. The molecule has 2 aromatic carbocycles. The molecule has 4 N–H and O–H groups in total. The minimum atomic E-state index is -0.0194. The van der Waals surface area contributed by atoms with Crippen molar-refractivity contribution in [1.82, 2.24) is 9.80 Å². The number of nitrogens with zero attached hydrogens (tertiary/aromatic N) is 2. The van der Waals surface area contributed by atoms with E-state index in [0.717, 1.165) is 36.4 Å². The van der Waals surface area contributed by atoms with E-state index in [1.807, 2.05) is 54.4 Å². The molecule has 1 amide bonds. The summed E-state index contributed by atoms with van der Waals surface area (Å²) in [7, 11) is 1.88. The fourth-order valence-corrected chi connectivity index (χ4v) is 3.58. The number of benzene rings is 2. The minimum Gasteiger partial charge on any atom is -0.399 e. The highest BCUT2D eigenvalue weighted by Crippen LogP contribution is 2.25. The number of rotatable bonds is 6. The third kappa shape index (κ3) is 4.35. The lowest BCUT2D eigenvalue weighted by Crippen LogP contribution is -2.39. The Balaban J connectivity index is 1.80. The Morgan fingerprint density at radius 3 is 2.54 bits per heavy atom. The van der Waals surface area contributed by atoms with E-state index in [2.05, 4.69) is 11.0 Å². The van der Waals surface area contributed by atoms with Crippen molar-refractivity contribution < 1.29 is 4.79 Å². The minimum absolute atomic E-state index is 0.0194. The highest BCUT2D eigenvalue weighted by atomic mass is 16.2. The molecule has 0 aliphatic carbocycles. The van der Waals surface area contributed by atoms with Crippen molar-refractivity contribution in [2.24, 2.45) is 0 Å². The Hall–Kier alpha value is -2.53. The maximum Gasteiger partial charge on any atom is 0.227 e. The predicted molar refractivity (Wildman–Crippen MR) is 107 cm³/mol. The number of likely N-dealkylation sites (N-methyl/N-ethyl adjacent to an activating group) is 1. The first-order chi connectivity index (χ1) is 12.5. The zero-order valence-corrected chi connectivity index (χ0v) is 15.4. The van der Waals surface area contributed by atoms with Crippen LogP contribution >= 0.6 is 0 Å². The van der Waals surface area contributed by atoms with Crippen molar-refractivity contribution in [3.05, 3.63) is 59.7 Å². The summed E-state index contributed by atoms with van der Waals surface area (Å²) in [4.78, 5) is 17.2. The molecule has 0 saturated carbocycles. The summed E-state index contributed by atoms with van der Waals surface area (Å²) in [5, 5.41) is 0. The van der Waals surface area contributed by atoms with Crippen molar-refractivity contribution >= 4 is 17.3 Å². The largest absolute Gasteiger partial charge is 0.399 e. The number of para-hydroxylation sites is 1. The number of hydrogen-bond acceptors (Lipinski definition) is 4. The van der Waals surface area contributed by atoms with Gasteiger partial charge in [0.05, 0.1) is 12.5 Å². The maximum atomic E-state index is 13.0. The quantitative estimate of drug-likeness (QED) is 0.784. The molecule has 1 heterocycles. The van der Waals surface area contributed by atoms with E-state index >= 15 is 0 Å². The second-order valence-electron chi connectivity index (χ2n) is 7.07. The second-order valence-corrected chi connectivity index (χ2v) is 7.07. The molecule has 1 atom stereocenters. The van der Waals surface area contributed by atoms with Crippen LogP contribution in [0.25, 0.3) is 0 Å². The molecule has 1 aliphatic rings. The Morgan fingerprint density at radius 1 is 1.12 bits per heavy atom. The molecule has 0 aromatic heterocycles. The molecule has 138 valence electrons. The highest BCUT2D eigenvalue weighted by Gasteiger charge is 2.26. The van der Waals surface area contributed by atoms with E-state index in [4.69, 9.17) is 11.5 Å². The number of carbonyl (C=O) groups is 1. The zero-order chi connectivity index (χ0) is 18.5. The molecule has 3 rings (SSSR count). The molecule has 2 aromatic rings. The fourth-order valence-electron chi connectivity index (χ4n) is 3.58. The summed E-state index contributed by atoms with van der Waals surface area (Å²) in [6.07, 6.45) is 2.76. The predicted octanol–water partition coefficient (Wildman–Crippen LogP) is 2.69. The number of hydrogen-bond donors (Lipinski definition) is 2. The van der Waals surface area contributed by atoms with Gasteiger partial charge in [0.2, 0.25) is 5.91 Å². The summed E-state index contributed by atoms with van der Waals surface area (Å²) in [5.41, 5.74) is 15.3. The smallest absolute Gasteiger partial charge is 0.227 e. The summed E-state index contributed by atoms with van der Waals surface area (Å²) < 4.78 is 0. The first-order valence-corrected chi connectivity index (χ1v) is 9.21. The molecule has 26 heavy (non-hydrogen) atoms. The normalized spacial score (nSPS) is 15.7. The summed E-state index contributed by atoms with van der Waals surface area (Å²) in [6, 6.07) is 15.4. The summed E-state index contributed by atoms with van der Waals surface area (Å²) in [5.74, 6) is 0.0644. The van der Waals surface area contributed by atoms with Gasteiger partial charge in [0, 0.05) is 25.0 Å². The van der Waals surface area contributed by atoms with E-state index in [1.54, 1.807) is 0 Å². The average Bonchev–Trinajstić information content (AvgIpc) is 3.14. The number of nitrogens with two attached hydrogens (primary N) is 2. The third-order valence-corrected chi connectivity index (χ3v) is 5.18. The van der Waals surface area contributed by atoms with Gasteiger partial charge in [-0.3, -0.25) is 4.79 Å². The molecule has 0 radical (unpaired) electrons. The van der Waals surface area contributed by atoms with Crippen LogP contribution in [0, 0.1) is 0 Å². The van der Waals surface area contributed by atoms with Gasteiger partial charge in [-0.1, -0.05) is 30.3 Å². The van der Waals surface area contributed by atoms with E-state index < -0.39 is 0 Å². The van der Waals surface area contributed by atoms with Gasteiger partial charge in [-0.25, -0.2) is 0 Å². The molecular formula is C21H28N4O.